The number of hydrogen-bond donors (Lipinski definition) is 0. The minimum Gasteiger partial charge on any atom is -0.311 e. The van der Waals surface area contributed by atoms with E-state index < -0.39 is 65.8 Å². The quantitative estimate of drug-likeness (QED) is 0.161. The van der Waals surface area contributed by atoms with Gasteiger partial charge in [-0.1, -0.05) is 188 Å². The van der Waals surface area contributed by atoms with Gasteiger partial charge >= 0.3 is 0 Å². The minimum absolute atomic E-state index is 0.00218. The van der Waals surface area contributed by atoms with E-state index in [2.05, 4.69) is 160 Å². The third-order valence-corrected chi connectivity index (χ3v) is 14.5. The Hall–Kier alpha value is -9.13. The molecule has 11 aromatic rings. The predicted molar refractivity (Wildman–Crippen MR) is 286 cm³/mol. The van der Waals surface area contributed by atoms with E-state index >= 15 is 0 Å². The van der Waals surface area contributed by atoms with Gasteiger partial charge in [0.2, 0.25) is 0 Å². The van der Waals surface area contributed by atoms with Crippen molar-refractivity contribution in [2.24, 2.45) is 0 Å². The first-order valence-electron chi connectivity index (χ1n) is 28.2. The summed E-state index contributed by atoms with van der Waals surface area (Å²) >= 11 is 0. The zero-order valence-corrected chi connectivity index (χ0v) is 37.1. The molecule has 2 aliphatic carbocycles. The number of benzene rings is 10. The molecule has 1 spiro atoms. The standard InChI is InChI=1S/C64H40BN5/c1-5-20-41(21-6-1)61-66-62(42-22-7-2-8-23-42)68-63(67-61)43-36-37-48-46-28-13-15-30-50(46)64(52(48)38-43)51-31-16-14-29-47(51)49-39-55-59(40-53(49)64)70(45-26-11-4-12-27-45)58-35-19-34-57-60(58)65(55)54-32-17-18-33-56(54)69(57)44-24-9-3-10-25-44/h1-40H/i1D,2D,5D,6D,7D,8D,20D,21D,22D,23D. The highest BCUT2D eigenvalue weighted by Gasteiger charge is 2.53. The van der Waals surface area contributed by atoms with Gasteiger partial charge < -0.3 is 9.80 Å². The van der Waals surface area contributed by atoms with Gasteiger partial charge in [0.05, 0.1) is 19.1 Å². The van der Waals surface area contributed by atoms with Gasteiger partial charge in [-0.05, 0) is 115 Å². The molecule has 4 aliphatic rings. The van der Waals surface area contributed by atoms with Crippen molar-refractivity contribution >= 4 is 57.2 Å². The van der Waals surface area contributed by atoms with E-state index in [0.717, 1.165) is 84.1 Å². The fourth-order valence-electron chi connectivity index (χ4n) is 11.8. The van der Waals surface area contributed by atoms with E-state index in [-0.39, 0.29) is 35.3 Å². The lowest BCUT2D eigenvalue weighted by molar-refractivity contribution is 0.794. The number of anilines is 6. The number of hydrogen-bond acceptors (Lipinski definition) is 5. The van der Waals surface area contributed by atoms with Crippen LogP contribution in [-0.2, 0) is 5.41 Å². The molecule has 6 heteroatoms. The Morgan fingerprint density at radius 2 is 0.843 bits per heavy atom. The maximum Gasteiger partial charge on any atom is 0.252 e. The molecule has 3 heterocycles. The molecular formula is C64H40BN5. The molecule has 0 fully saturated rings. The highest BCUT2D eigenvalue weighted by Crippen LogP contribution is 2.64. The van der Waals surface area contributed by atoms with Crippen LogP contribution in [0, 0.1) is 0 Å². The molecule has 10 aromatic carbocycles. The van der Waals surface area contributed by atoms with Crippen molar-refractivity contribution in [3.63, 3.8) is 0 Å². The number of para-hydroxylation sites is 3. The average Bonchev–Trinajstić information content (AvgIpc) is 2.32. The van der Waals surface area contributed by atoms with Crippen LogP contribution in [0.5, 0.6) is 0 Å². The summed E-state index contributed by atoms with van der Waals surface area (Å²) < 4.78 is 86.9. The molecule has 0 N–H and O–H groups in total. The van der Waals surface area contributed by atoms with Crippen molar-refractivity contribution in [2.45, 2.75) is 5.41 Å². The number of aromatic nitrogens is 3. The van der Waals surface area contributed by atoms with E-state index in [4.69, 9.17) is 23.7 Å². The predicted octanol–water partition coefficient (Wildman–Crippen LogP) is 13.3. The van der Waals surface area contributed by atoms with Crippen LogP contribution in [0.2, 0.25) is 0 Å². The van der Waals surface area contributed by atoms with Crippen LogP contribution in [0.15, 0.2) is 242 Å². The van der Waals surface area contributed by atoms with Crippen LogP contribution in [0.4, 0.5) is 34.1 Å². The first kappa shape index (κ1) is 30.3. The molecule has 0 saturated carbocycles. The van der Waals surface area contributed by atoms with Gasteiger partial charge in [0, 0.05) is 50.8 Å². The van der Waals surface area contributed by atoms with Crippen LogP contribution < -0.4 is 26.2 Å². The van der Waals surface area contributed by atoms with E-state index in [0.29, 0.717) is 5.56 Å². The molecule has 0 amide bonds. The molecule has 0 bridgehead atoms. The zero-order chi connectivity index (χ0) is 54.6. The molecule has 0 radical (unpaired) electrons. The second-order valence-corrected chi connectivity index (χ2v) is 17.9. The summed E-state index contributed by atoms with van der Waals surface area (Å²) in [5.41, 5.74) is 17.1. The van der Waals surface area contributed by atoms with Crippen LogP contribution in [0.1, 0.15) is 36.0 Å². The third kappa shape index (κ3) is 5.41. The molecule has 5 nitrogen and oxygen atoms in total. The smallest absolute Gasteiger partial charge is 0.252 e. The lowest BCUT2D eigenvalue weighted by atomic mass is 9.33. The number of nitrogens with zero attached hydrogens (tertiary/aromatic N) is 5. The lowest BCUT2D eigenvalue weighted by Gasteiger charge is -2.44. The van der Waals surface area contributed by atoms with Gasteiger partial charge in [-0.2, -0.15) is 0 Å². The third-order valence-electron chi connectivity index (χ3n) is 14.5. The first-order chi connectivity index (χ1) is 38.9. The fourth-order valence-corrected chi connectivity index (χ4v) is 11.8. The molecule has 1 unspecified atom stereocenters. The zero-order valence-electron chi connectivity index (χ0n) is 47.1. The number of rotatable bonds is 5. The topological polar surface area (TPSA) is 45.2 Å². The molecule has 15 rings (SSSR count). The highest BCUT2D eigenvalue weighted by atomic mass is 15.2. The summed E-state index contributed by atoms with van der Waals surface area (Å²) in [5.74, 6) is -0.648. The fraction of sp³-hybridized carbons (Fsp3) is 0.0156. The maximum atomic E-state index is 8.98. The van der Waals surface area contributed by atoms with Gasteiger partial charge in [-0.3, -0.25) is 0 Å². The average molecular weight is 900 g/mol. The summed E-state index contributed by atoms with van der Waals surface area (Å²) in [6.45, 7) is -0.144. The Kier molecular flexibility index (Phi) is 6.46. The number of fused-ring (bicyclic) bond motifs is 14. The SMILES string of the molecule is [2H]c1c([2H])c([2H])c(-c2nc(-c3ccc4c(c3)C3(c5ccccc5-4)c4ccccc4-c4cc5c(cc43)N(c3ccccc3)c3cccc4c3B5c3ccccc3N4c3ccccc3)nc(-c3c([2H])c([2H])c([2H])c([2H])c3[2H])n2)c([2H])c1[2H]. The van der Waals surface area contributed by atoms with E-state index in [1.165, 1.54) is 10.9 Å². The van der Waals surface area contributed by atoms with Gasteiger partial charge in [0.15, 0.2) is 17.5 Å². The monoisotopic (exact) mass is 899 g/mol. The van der Waals surface area contributed by atoms with Crippen molar-refractivity contribution in [3.05, 3.63) is 265 Å². The van der Waals surface area contributed by atoms with Crippen molar-refractivity contribution in [2.75, 3.05) is 9.80 Å². The Labute approximate surface area is 420 Å². The highest BCUT2D eigenvalue weighted by molar-refractivity contribution is 7.00. The van der Waals surface area contributed by atoms with Crippen LogP contribution in [-0.4, -0.2) is 21.7 Å². The normalized spacial score (nSPS) is 17.1. The summed E-state index contributed by atoms with van der Waals surface area (Å²) in [5, 5.41) is 0. The van der Waals surface area contributed by atoms with Crippen LogP contribution >= 0.6 is 0 Å². The Bertz CT molecular complexity index is 4400. The van der Waals surface area contributed by atoms with Crippen LogP contribution in [0.25, 0.3) is 56.4 Å². The van der Waals surface area contributed by atoms with Crippen molar-refractivity contribution in [3.8, 4) is 56.4 Å². The minimum atomic E-state index is -0.930. The van der Waals surface area contributed by atoms with Crippen molar-refractivity contribution in [1.82, 2.24) is 15.0 Å². The lowest BCUT2D eigenvalue weighted by Crippen LogP contribution is -2.61. The second kappa shape index (κ2) is 14.9. The van der Waals surface area contributed by atoms with Crippen molar-refractivity contribution < 1.29 is 13.7 Å². The summed E-state index contributed by atoms with van der Waals surface area (Å²) in [6, 6.07) is 58.2. The Morgan fingerprint density at radius 3 is 1.47 bits per heavy atom. The van der Waals surface area contributed by atoms with Crippen LogP contribution in [0.3, 0.4) is 0 Å². The molecule has 0 saturated heterocycles. The van der Waals surface area contributed by atoms with Crippen molar-refractivity contribution in [1.29, 1.82) is 0 Å². The van der Waals surface area contributed by atoms with Gasteiger partial charge in [-0.15, -0.1) is 0 Å². The first-order valence-corrected chi connectivity index (χ1v) is 23.2. The molecule has 324 valence electrons. The Balaban J connectivity index is 1.01. The molecule has 1 atom stereocenters. The van der Waals surface area contributed by atoms with E-state index in [1.807, 2.05) is 36.4 Å². The second-order valence-electron chi connectivity index (χ2n) is 17.9. The Morgan fingerprint density at radius 1 is 0.357 bits per heavy atom. The molecular weight excluding hydrogens is 850 g/mol. The van der Waals surface area contributed by atoms with Gasteiger partial charge in [0.1, 0.15) is 0 Å². The molecule has 70 heavy (non-hydrogen) atoms. The summed E-state index contributed by atoms with van der Waals surface area (Å²) in [7, 11) is 0. The molecule has 2 aliphatic heterocycles. The summed E-state index contributed by atoms with van der Waals surface area (Å²) in [6.07, 6.45) is 0. The largest absolute Gasteiger partial charge is 0.311 e. The van der Waals surface area contributed by atoms with Gasteiger partial charge in [-0.25, -0.2) is 15.0 Å². The van der Waals surface area contributed by atoms with E-state index in [9.17, 15) is 0 Å². The molecule has 1 aromatic heterocycles. The summed E-state index contributed by atoms with van der Waals surface area (Å²) in [4.78, 5) is 19.1. The van der Waals surface area contributed by atoms with E-state index in [1.54, 1.807) is 0 Å². The maximum absolute atomic E-state index is 8.98. The van der Waals surface area contributed by atoms with Gasteiger partial charge in [0.25, 0.3) is 6.71 Å².